The SMILES string of the molecule is Nc1ncnc2c1ncn2[C@@H]1OC(COP(=O)(O)CP(=O)(O)O)=C(O)C1O. The van der Waals surface area contributed by atoms with Crippen LogP contribution >= 0.6 is 15.2 Å². The molecule has 0 amide bonds. The van der Waals surface area contributed by atoms with Crippen LogP contribution in [0, 0.1) is 0 Å². The highest BCUT2D eigenvalue weighted by molar-refractivity contribution is 7.70. The van der Waals surface area contributed by atoms with E-state index in [-0.39, 0.29) is 17.0 Å². The normalized spacial score (nSPS) is 22.8. The molecule has 0 radical (unpaired) electrons. The maximum atomic E-state index is 11.7. The summed E-state index contributed by atoms with van der Waals surface area (Å²) in [4.78, 5) is 38.7. The molecular formula is C11H15N5O9P2. The zero-order chi connectivity index (χ0) is 20.0. The van der Waals surface area contributed by atoms with E-state index >= 15 is 0 Å². The minimum atomic E-state index is -4.80. The van der Waals surface area contributed by atoms with Crippen molar-refractivity contribution >= 4 is 32.2 Å². The quantitative estimate of drug-likeness (QED) is 0.320. The Morgan fingerprint density at radius 2 is 1.96 bits per heavy atom. The van der Waals surface area contributed by atoms with Crippen LogP contribution in [-0.4, -0.2) is 63.0 Å². The molecule has 0 fully saturated rings. The number of hydrogen-bond donors (Lipinski definition) is 6. The van der Waals surface area contributed by atoms with E-state index in [0.29, 0.717) is 0 Å². The lowest BCUT2D eigenvalue weighted by atomic mass is 10.2. The molecule has 3 heterocycles. The van der Waals surface area contributed by atoms with Crippen LogP contribution in [0.2, 0.25) is 0 Å². The van der Waals surface area contributed by atoms with Crippen molar-refractivity contribution in [2.45, 2.75) is 12.3 Å². The van der Waals surface area contributed by atoms with Gasteiger partial charge in [-0.05, 0) is 0 Å². The number of nitrogens with two attached hydrogens (primary N) is 1. The lowest BCUT2D eigenvalue weighted by molar-refractivity contribution is -0.0112. The largest absolute Gasteiger partial charge is 0.506 e. The Morgan fingerprint density at radius 1 is 1.26 bits per heavy atom. The number of hydrogen-bond acceptors (Lipinski definition) is 10. The number of imidazole rings is 1. The van der Waals surface area contributed by atoms with Crippen molar-refractivity contribution in [1.29, 1.82) is 0 Å². The third kappa shape index (κ3) is 4.12. The molecule has 27 heavy (non-hydrogen) atoms. The molecule has 0 aromatic carbocycles. The number of nitrogens with zero attached hydrogens (tertiary/aromatic N) is 4. The number of aliphatic hydroxyl groups is 2. The van der Waals surface area contributed by atoms with Gasteiger partial charge in [-0.1, -0.05) is 0 Å². The maximum Gasteiger partial charge on any atom is 0.340 e. The van der Waals surface area contributed by atoms with E-state index in [9.17, 15) is 24.2 Å². The molecule has 1 aliphatic heterocycles. The van der Waals surface area contributed by atoms with Crippen molar-refractivity contribution in [2.24, 2.45) is 0 Å². The van der Waals surface area contributed by atoms with Gasteiger partial charge in [0.15, 0.2) is 35.0 Å². The molecule has 2 unspecified atom stereocenters. The van der Waals surface area contributed by atoms with Gasteiger partial charge < -0.3 is 35.4 Å². The Morgan fingerprint density at radius 3 is 2.63 bits per heavy atom. The predicted octanol–water partition coefficient (Wildman–Crippen LogP) is -0.595. The molecule has 2 aromatic heterocycles. The lowest BCUT2D eigenvalue weighted by Crippen LogP contribution is -2.22. The number of aromatic nitrogens is 4. The Hall–Kier alpha value is -2.05. The molecule has 0 saturated carbocycles. The number of nitrogen functional groups attached to an aromatic ring is 1. The molecule has 0 spiro atoms. The summed E-state index contributed by atoms with van der Waals surface area (Å²) in [6.07, 6.45) is -0.413. The van der Waals surface area contributed by atoms with Gasteiger partial charge in [0.1, 0.15) is 24.8 Å². The Labute approximate surface area is 150 Å². The van der Waals surface area contributed by atoms with Gasteiger partial charge in [0, 0.05) is 0 Å². The van der Waals surface area contributed by atoms with Crippen LogP contribution in [0.25, 0.3) is 11.2 Å². The van der Waals surface area contributed by atoms with Crippen molar-refractivity contribution in [3.05, 3.63) is 24.2 Å². The highest BCUT2D eigenvalue weighted by Crippen LogP contribution is 2.55. The molecule has 0 saturated heterocycles. The fraction of sp³-hybridized carbons (Fsp3) is 0.364. The van der Waals surface area contributed by atoms with Gasteiger partial charge in [-0.15, -0.1) is 0 Å². The monoisotopic (exact) mass is 423 g/mol. The third-order valence-electron chi connectivity index (χ3n) is 3.52. The second-order valence-electron chi connectivity index (χ2n) is 5.56. The van der Waals surface area contributed by atoms with Gasteiger partial charge in [0.25, 0.3) is 0 Å². The lowest BCUT2D eigenvalue weighted by Gasteiger charge is -2.18. The molecular weight excluding hydrogens is 408 g/mol. The van der Waals surface area contributed by atoms with Crippen LogP contribution in [0.5, 0.6) is 0 Å². The van der Waals surface area contributed by atoms with E-state index < -0.39 is 51.6 Å². The molecule has 3 atom stereocenters. The molecule has 14 nitrogen and oxygen atoms in total. The maximum absolute atomic E-state index is 11.7. The smallest absolute Gasteiger partial charge is 0.340 e. The van der Waals surface area contributed by atoms with Crippen molar-refractivity contribution in [3.8, 4) is 0 Å². The Bertz CT molecular complexity index is 1000. The molecule has 3 rings (SSSR count). The first-order valence-electron chi connectivity index (χ1n) is 7.19. The predicted molar refractivity (Wildman–Crippen MR) is 88.2 cm³/mol. The molecule has 148 valence electrons. The number of ether oxygens (including phenoxy) is 1. The zero-order valence-corrected chi connectivity index (χ0v) is 15.1. The fourth-order valence-corrected chi connectivity index (χ4v) is 4.88. The topological polar surface area (TPSA) is 223 Å². The highest BCUT2D eigenvalue weighted by atomic mass is 31.2. The van der Waals surface area contributed by atoms with Gasteiger partial charge in [-0.3, -0.25) is 18.2 Å². The third-order valence-corrected chi connectivity index (χ3v) is 6.96. The fourth-order valence-electron chi connectivity index (χ4n) is 2.38. The van der Waals surface area contributed by atoms with Crippen LogP contribution < -0.4 is 5.73 Å². The van der Waals surface area contributed by atoms with Gasteiger partial charge in [-0.2, -0.15) is 0 Å². The molecule has 16 heteroatoms. The summed E-state index contributed by atoms with van der Waals surface area (Å²) in [5.74, 6) is -2.38. The number of anilines is 1. The van der Waals surface area contributed by atoms with Crippen molar-refractivity contribution in [1.82, 2.24) is 19.5 Å². The van der Waals surface area contributed by atoms with E-state index in [4.69, 9.17) is 20.3 Å². The second kappa shape index (κ2) is 6.84. The van der Waals surface area contributed by atoms with E-state index in [1.165, 1.54) is 17.2 Å². The molecule has 0 bridgehead atoms. The average molecular weight is 423 g/mol. The summed E-state index contributed by atoms with van der Waals surface area (Å²) in [6.45, 7) is -0.809. The highest BCUT2D eigenvalue weighted by Gasteiger charge is 2.39. The standard InChI is InChI=1S/C11H15N5O9P2/c12-9-6-10(14-2-13-9)16(3-15-6)11-8(18)7(17)5(25-11)1-24-27(22,23)4-26(19,20)21/h2-3,8,11,17-18H,1,4H2,(H,22,23)(H2,12,13,14)(H2,19,20,21)/t8?,11-/m1/s1. The number of fused-ring (bicyclic) bond motifs is 1. The first kappa shape index (κ1) is 19.7. The molecule has 0 aliphatic carbocycles. The van der Waals surface area contributed by atoms with Crippen LogP contribution in [0.3, 0.4) is 0 Å². The van der Waals surface area contributed by atoms with E-state index in [2.05, 4.69) is 19.5 Å². The van der Waals surface area contributed by atoms with Crippen LogP contribution in [0.15, 0.2) is 24.2 Å². The van der Waals surface area contributed by atoms with Crippen molar-refractivity contribution in [2.75, 3.05) is 18.2 Å². The summed E-state index contributed by atoms with van der Waals surface area (Å²) in [5, 5.41) is 20.2. The average Bonchev–Trinajstić information content (AvgIpc) is 3.07. The van der Waals surface area contributed by atoms with Crippen molar-refractivity contribution in [3.63, 3.8) is 0 Å². The summed E-state index contributed by atoms with van der Waals surface area (Å²) in [5.41, 5.74) is 6.11. The van der Waals surface area contributed by atoms with Gasteiger partial charge in [-0.25, -0.2) is 15.0 Å². The summed E-state index contributed by atoms with van der Waals surface area (Å²) in [7, 11) is -9.47. The first-order chi connectivity index (χ1) is 12.5. The summed E-state index contributed by atoms with van der Waals surface area (Å²) in [6, 6.07) is 0. The van der Waals surface area contributed by atoms with Gasteiger partial charge >= 0.3 is 15.2 Å². The number of aliphatic hydroxyl groups excluding tert-OH is 2. The molecule has 1 aliphatic rings. The van der Waals surface area contributed by atoms with Gasteiger partial charge in [0.05, 0.1) is 0 Å². The van der Waals surface area contributed by atoms with E-state index in [1.54, 1.807) is 0 Å². The zero-order valence-electron chi connectivity index (χ0n) is 13.4. The number of rotatable bonds is 6. The first-order valence-corrected chi connectivity index (χ1v) is 10.8. The Kier molecular flexibility index (Phi) is 4.99. The van der Waals surface area contributed by atoms with E-state index in [1.807, 2.05) is 0 Å². The van der Waals surface area contributed by atoms with Crippen molar-refractivity contribution < 1.29 is 43.3 Å². The summed E-state index contributed by atoms with van der Waals surface area (Å²) >= 11 is 0. The van der Waals surface area contributed by atoms with Gasteiger partial charge in [0.2, 0.25) is 6.23 Å². The minimum Gasteiger partial charge on any atom is -0.506 e. The second-order valence-corrected chi connectivity index (χ2v) is 9.56. The molecule has 7 N–H and O–H groups in total. The van der Waals surface area contributed by atoms with E-state index in [0.717, 1.165) is 0 Å². The molecule has 2 aromatic rings. The minimum absolute atomic E-state index is 0.0885. The van der Waals surface area contributed by atoms with Crippen LogP contribution in [-0.2, 0) is 18.4 Å². The van der Waals surface area contributed by atoms with Crippen LogP contribution in [0.1, 0.15) is 6.23 Å². The van der Waals surface area contributed by atoms with Crippen LogP contribution in [0.4, 0.5) is 5.82 Å². The Balaban J connectivity index is 1.77. The summed E-state index contributed by atoms with van der Waals surface area (Å²) < 4.78 is 33.7.